The van der Waals surface area contributed by atoms with Crippen molar-refractivity contribution in [1.29, 1.82) is 0 Å². The highest BCUT2D eigenvalue weighted by Gasteiger charge is 2.26. The Kier molecular flexibility index (Phi) is 6.18. The molecule has 1 fully saturated rings. The van der Waals surface area contributed by atoms with E-state index in [1.807, 2.05) is 18.2 Å². The molecule has 0 radical (unpaired) electrons. The highest BCUT2D eigenvalue weighted by molar-refractivity contribution is 7.12. The summed E-state index contributed by atoms with van der Waals surface area (Å²) in [5.74, 6) is 0.156. The van der Waals surface area contributed by atoms with E-state index >= 15 is 0 Å². The number of ether oxygens (including phenoxy) is 1. The number of carbonyl (C=O) groups is 1. The average Bonchev–Trinajstić information content (AvgIpc) is 3.03. The van der Waals surface area contributed by atoms with E-state index in [1.165, 1.54) is 4.88 Å². The van der Waals surface area contributed by atoms with Gasteiger partial charge in [-0.2, -0.15) is 0 Å². The number of aryl methyl sites for hydroxylation is 1. The van der Waals surface area contributed by atoms with Crippen molar-refractivity contribution in [3.8, 4) is 11.3 Å². The first-order valence-corrected chi connectivity index (χ1v) is 9.59. The highest BCUT2D eigenvalue weighted by Crippen LogP contribution is 2.27. The summed E-state index contributed by atoms with van der Waals surface area (Å²) in [6, 6.07) is 9.74. The number of nitrogens with zero attached hydrogens (tertiary/aromatic N) is 1. The van der Waals surface area contributed by atoms with Gasteiger partial charge in [0.25, 0.3) is 0 Å². The summed E-state index contributed by atoms with van der Waals surface area (Å²) < 4.78 is 5.32. The first-order chi connectivity index (χ1) is 12.1. The number of benzene rings is 1. The second kappa shape index (κ2) is 8.56. The van der Waals surface area contributed by atoms with E-state index in [-0.39, 0.29) is 11.8 Å². The molecule has 1 aromatic heterocycles. The summed E-state index contributed by atoms with van der Waals surface area (Å²) in [7, 11) is 0. The molecule has 0 aliphatic carbocycles. The molecule has 1 aliphatic heterocycles. The number of nitrogens with two attached hydrogens (primary N) is 1. The Balaban J connectivity index is 1.51. The zero-order valence-corrected chi connectivity index (χ0v) is 15.3. The van der Waals surface area contributed by atoms with Gasteiger partial charge in [-0.15, -0.1) is 11.3 Å². The van der Waals surface area contributed by atoms with Crippen molar-refractivity contribution in [3.63, 3.8) is 0 Å². The second-order valence-electron chi connectivity index (χ2n) is 6.40. The molecule has 5 nitrogen and oxygen atoms in total. The van der Waals surface area contributed by atoms with Gasteiger partial charge < -0.3 is 15.8 Å². The predicted molar refractivity (Wildman–Crippen MR) is 101 cm³/mol. The molecule has 0 bridgehead atoms. The van der Waals surface area contributed by atoms with E-state index in [0.717, 1.165) is 35.5 Å². The van der Waals surface area contributed by atoms with Gasteiger partial charge in [-0.25, -0.2) is 4.98 Å². The minimum absolute atomic E-state index is 0.0662. The second-order valence-corrected chi connectivity index (χ2v) is 7.68. The summed E-state index contributed by atoms with van der Waals surface area (Å²) in [6.07, 6.45) is 2.45. The lowest BCUT2D eigenvalue weighted by molar-refractivity contribution is -0.124. The fourth-order valence-electron chi connectivity index (χ4n) is 3.12. The van der Waals surface area contributed by atoms with Crippen LogP contribution in [0.15, 0.2) is 30.3 Å². The normalized spacial score (nSPS) is 16.6. The lowest BCUT2D eigenvalue weighted by Gasteiger charge is -2.26. The summed E-state index contributed by atoms with van der Waals surface area (Å²) in [5, 5.41) is 4.00. The molecule has 1 saturated heterocycles. The van der Waals surface area contributed by atoms with Crippen LogP contribution in [-0.4, -0.2) is 36.7 Å². The number of hydrogen-bond donors (Lipinski definition) is 2. The molecular formula is C19H25N3O2S. The Morgan fingerprint density at radius 2 is 2.08 bits per heavy atom. The third-order valence-corrected chi connectivity index (χ3v) is 5.63. The average molecular weight is 359 g/mol. The Hall–Kier alpha value is -1.76. The van der Waals surface area contributed by atoms with Gasteiger partial charge in [0.15, 0.2) is 0 Å². The van der Waals surface area contributed by atoms with Crippen molar-refractivity contribution in [2.45, 2.75) is 32.2 Å². The van der Waals surface area contributed by atoms with E-state index in [1.54, 1.807) is 11.3 Å². The maximum atomic E-state index is 12.2. The van der Waals surface area contributed by atoms with Gasteiger partial charge in [0.05, 0.1) is 16.7 Å². The van der Waals surface area contributed by atoms with Gasteiger partial charge in [0, 0.05) is 36.6 Å². The molecule has 1 aromatic carbocycles. The molecule has 2 heterocycles. The van der Waals surface area contributed by atoms with Crippen molar-refractivity contribution in [1.82, 2.24) is 10.3 Å². The summed E-state index contributed by atoms with van der Waals surface area (Å²) >= 11 is 1.69. The molecule has 1 aliphatic rings. The zero-order valence-electron chi connectivity index (χ0n) is 14.5. The number of amides is 1. The van der Waals surface area contributed by atoms with Crippen LogP contribution in [0.25, 0.3) is 11.3 Å². The first kappa shape index (κ1) is 18.0. The molecule has 1 unspecified atom stereocenters. The number of aromatic nitrogens is 1. The number of hydrogen-bond acceptors (Lipinski definition) is 5. The van der Waals surface area contributed by atoms with E-state index in [2.05, 4.69) is 24.4 Å². The SMILES string of the molecule is Cc1sc(CCNC(=O)C(N)C2CCOCC2)nc1-c1ccccc1. The maximum absolute atomic E-state index is 12.2. The first-order valence-electron chi connectivity index (χ1n) is 8.78. The number of thiazole rings is 1. The number of carbonyl (C=O) groups excluding carboxylic acids is 1. The van der Waals surface area contributed by atoms with Crippen molar-refractivity contribution in [2.24, 2.45) is 11.7 Å². The fraction of sp³-hybridized carbons (Fsp3) is 0.474. The number of nitrogens with one attached hydrogen (secondary N) is 1. The Labute approximate surface area is 152 Å². The van der Waals surface area contributed by atoms with Gasteiger partial charge >= 0.3 is 0 Å². The minimum Gasteiger partial charge on any atom is -0.381 e. The Morgan fingerprint density at radius 1 is 1.36 bits per heavy atom. The van der Waals surface area contributed by atoms with E-state index in [0.29, 0.717) is 19.8 Å². The predicted octanol–water partition coefficient (Wildman–Crippen LogP) is 2.53. The fourth-order valence-corrected chi connectivity index (χ4v) is 4.08. The molecule has 25 heavy (non-hydrogen) atoms. The van der Waals surface area contributed by atoms with Crippen molar-refractivity contribution in [3.05, 3.63) is 40.2 Å². The van der Waals surface area contributed by atoms with Crippen molar-refractivity contribution >= 4 is 17.2 Å². The summed E-state index contributed by atoms with van der Waals surface area (Å²) in [5.41, 5.74) is 8.26. The molecule has 1 amide bonds. The van der Waals surface area contributed by atoms with Crippen molar-refractivity contribution in [2.75, 3.05) is 19.8 Å². The lowest BCUT2D eigenvalue weighted by atomic mass is 9.92. The quantitative estimate of drug-likeness (QED) is 0.831. The zero-order chi connectivity index (χ0) is 17.6. The van der Waals surface area contributed by atoms with Crippen LogP contribution in [0, 0.1) is 12.8 Å². The van der Waals surface area contributed by atoms with Gasteiger partial charge in [-0.1, -0.05) is 30.3 Å². The topological polar surface area (TPSA) is 77.2 Å². The molecule has 3 rings (SSSR count). The van der Waals surface area contributed by atoms with Gasteiger partial charge in [-0.05, 0) is 25.7 Å². The number of rotatable bonds is 6. The van der Waals surface area contributed by atoms with Gasteiger partial charge in [0.2, 0.25) is 5.91 Å². The molecule has 0 spiro atoms. The Bertz CT molecular complexity index is 696. The van der Waals surface area contributed by atoms with Crippen LogP contribution in [0.4, 0.5) is 0 Å². The molecule has 0 saturated carbocycles. The van der Waals surface area contributed by atoms with Crippen LogP contribution in [-0.2, 0) is 16.0 Å². The third kappa shape index (κ3) is 4.66. The third-order valence-electron chi connectivity index (χ3n) is 4.60. The van der Waals surface area contributed by atoms with Crippen LogP contribution >= 0.6 is 11.3 Å². The molecule has 134 valence electrons. The molecule has 1 atom stereocenters. The highest BCUT2D eigenvalue weighted by atomic mass is 32.1. The van der Waals surface area contributed by atoms with Crippen LogP contribution in [0.1, 0.15) is 22.7 Å². The van der Waals surface area contributed by atoms with Crippen LogP contribution in [0.5, 0.6) is 0 Å². The van der Waals surface area contributed by atoms with E-state index in [4.69, 9.17) is 15.5 Å². The molecule has 2 aromatic rings. The molecular weight excluding hydrogens is 334 g/mol. The monoisotopic (exact) mass is 359 g/mol. The van der Waals surface area contributed by atoms with Crippen LogP contribution < -0.4 is 11.1 Å². The van der Waals surface area contributed by atoms with Crippen LogP contribution in [0.2, 0.25) is 0 Å². The Morgan fingerprint density at radius 3 is 2.80 bits per heavy atom. The van der Waals surface area contributed by atoms with E-state index < -0.39 is 6.04 Å². The summed E-state index contributed by atoms with van der Waals surface area (Å²) in [4.78, 5) is 18.2. The van der Waals surface area contributed by atoms with E-state index in [9.17, 15) is 4.79 Å². The van der Waals surface area contributed by atoms with Gasteiger partial charge in [0.1, 0.15) is 0 Å². The van der Waals surface area contributed by atoms with Gasteiger partial charge in [-0.3, -0.25) is 4.79 Å². The lowest BCUT2D eigenvalue weighted by Crippen LogP contribution is -2.47. The minimum atomic E-state index is -0.443. The van der Waals surface area contributed by atoms with Crippen LogP contribution in [0.3, 0.4) is 0 Å². The smallest absolute Gasteiger partial charge is 0.237 e. The summed E-state index contributed by atoms with van der Waals surface area (Å²) in [6.45, 7) is 4.05. The van der Waals surface area contributed by atoms with Crippen molar-refractivity contribution < 1.29 is 9.53 Å². The largest absolute Gasteiger partial charge is 0.381 e. The standard InChI is InChI=1S/C19H25N3O2S/c1-13-18(15-5-3-2-4-6-15)22-16(25-13)7-10-21-19(23)17(20)14-8-11-24-12-9-14/h2-6,14,17H,7-12,20H2,1H3,(H,21,23). The molecule has 6 heteroatoms. The molecule has 3 N–H and O–H groups in total. The maximum Gasteiger partial charge on any atom is 0.237 e.